The summed E-state index contributed by atoms with van der Waals surface area (Å²) < 4.78 is 0. The SMILES string of the molecule is Cc1ccc(C2=NC3C=CC=CC3S2)cc1. The van der Waals surface area contributed by atoms with Gasteiger partial charge in [0.15, 0.2) is 0 Å². The van der Waals surface area contributed by atoms with Gasteiger partial charge in [0.1, 0.15) is 0 Å². The zero-order chi connectivity index (χ0) is 11.0. The maximum Gasteiger partial charge on any atom is 0.0991 e. The van der Waals surface area contributed by atoms with Gasteiger partial charge in [0, 0.05) is 5.56 Å². The number of fused-ring (bicyclic) bond motifs is 1. The van der Waals surface area contributed by atoms with E-state index in [9.17, 15) is 0 Å². The Hall–Kier alpha value is -1.28. The normalized spacial score (nSPS) is 26.7. The lowest BCUT2D eigenvalue weighted by atomic mass is 10.1. The van der Waals surface area contributed by atoms with Crippen molar-refractivity contribution in [3.63, 3.8) is 0 Å². The number of nitrogens with zero attached hydrogens (tertiary/aromatic N) is 1. The van der Waals surface area contributed by atoms with E-state index in [1.54, 1.807) is 0 Å². The van der Waals surface area contributed by atoms with Crippen molar-refractivity contribution in [1.82, 2.24) is 0 Å². The molecule has 0 saturated heterocycles. The van der Waals surface area contributed by atoms with Gasteiger partial charge in [0.25, 0.3) is 0 Å². The molecule has 2 aliphatic rings. The van der Waals surface area contributed by atoms with Crippen LogP contribution in [0.2, 0.25) is 0 Å². The quantitative estimate of drug-likeness (QED) is 0.716. The molecule has 1 aromatic rings. The van der Waals surface area contributed by atoms with Gasteiger partial charge in [-0.05, 0) is 6.92 Å². The third-order valence-corrected chi connectivity index (χ3v) is 4.14. The smallest absolute Gasteiger partial charge is 0.0991 e. The standard InChI is InChI=1S/C14H13NS/c1-10-6-8-11(9-7-10)14-15-12-4-2-3-5-13(12)16-14/h2-9,12-13H,1H3. The van der Waals surface area contributed by atoms with Gasteiger partial charge in [-0.2, -0.15) is 0 Å². The molecule has 0 aromatic heterocycles. The highest BCUT2D eigenvalue weighted by atomic mass is 32.2. The summed E-state index contributed by atoms with van der Waals surface area (Å²) in [7, 11) is 0. The second kappa shape index (κ2) is 3.95. The molecule has 16 heavy (non-hydrogen) atoms. The lowest BCUT2D eigenvalue weighted by Gasteiger charge is -2.10. The molecule has 0 fully saturated rings. The summed E-state index contributed by atoms with van der Waals surface area (Å²) in [4.78, 5) is 4.75. The summed E-state index contributed by atoms with van der Waals surface area (Å²) in [6, 6.07) is 8.95. The molecule has 1 nitrogen and oxygen atoms in total. The first-order chi connectivity index (χ1) is 7.83. The molecule has 0 N–H and O–H groups in total. The van der Waals surface area contributed by atoms with Crippen molar-refractivity contribution in [3.8, 4) is 0 Å². The zero-order valence-corrected chi connectivity index (χ0v) is 9.95. The van der Waals surface area contributed by atoms with E-state index in [-0.39, 0.29) is 0 Å². The predicted octanol–water partition coefficient (Wildman–Crippen LogP) is 3.35. The van der Waals surface area contributed by atoms with Crippen LogP contribution in [-0.4, -0.2) is 16.3 Å². The summed E-state index contributed by atoms with van der Waals surface area (Å²) >= 11 is 1.87. The fraction of sp³-hybridized carbons (Fsp3) is 0.214. The van der Waals surface area contributed by atoms with Crippen molar-refractivity contribution >= 4 is 16.8 Å². The van der Waals surface area contributed by atoms with Crippen molar-refractivity contribution in [2.24, 2.45) is 4.99 Å². The van der Waals surface area contributed by atoms with Gasteiger partial charge in [-0.15, -0.1) is 0 Å². The van der Waals surface area contributed by atoms with Crippen molar-refractivity contribution in [3.05, 3.63) is 59.7 Å². The van der Waals surface area contributed by atoms with Crippen LogP contribution in [0.4, 0.5) is 0 Å². The summed E-state index contributed by atoms with van der Waals surface area (Å²) in [5.74, 6) is 0. The number of aryl methyl sites for hydroxylation is 1. The summed E-state index contributed by atoms with van der Waals surface area (Å²) in [6.45, 7) is 2.11. The van der Waals surface area contributed by atoms with E-state index in [0.717, 1.165) is 0 Å². The fourth-order valence-corrected chi connectivity index (χ4v) is 3.11. The second-order valence-corrected chi connectivity index (χ2v) is 5.31. The molecule has 2 atom stereocenters. The van der Waals surface area contributed by atoms with Crippen LogP contribution < -0.4 is 0 Å². The first kappa shape index (κ1) is 9.91. The number of thioether (sulfide) groups is 1. The Bertz CT molecular complexity index is 482. The zero-order valence-electron chi connectivity index (χ0n) is 9.13. The van der Waals surface area contributed by atoms with E-state index in [1.807, 2.05) is 11.8 Å². The molecule has 3 rings (SSSR count). The highest BCUT2D eigenvalue weighted by molar-refractivity contribution is 8.15. The minimum absolute atomic E-state index is 0.339. The van der Waals surface area contributed by atoms with E-state index in [0.29, 0.717) is 11.3 Å². The molecule has 0 radical (unpaired) electrons. The minimum Gasteiger partial charge on any atom is -0.269 e. The summed E-state index contributed by atoms with van der Waals surface area (Å²) in [6.07, 6.45) is 8.62. The van der Waals surface area contributed by atoms with Crippen molar-refractivity contribution < 1.29 is 0 Å². The first-order valence-electron chi connectivity index (χ1n) is 5.49. The van der Waals surface area contributed by atoms with Crippen LogP contribution in [0.1, 0.15) is 11.1 Å². The lowest BCUT2D eigenvalue weighted by molar-refractivity contribution is 0.862. The molecule has 0 bridgehead atoms. The third-order valence-electron chi connectivity index (χ3n) is 2.87. The molecular formula is C14H13NS. The molecule has 1 heterocycles. The Morgan fingerprint density at radius 2 is 1.81 bits per heavy atom. The number of rotatable bonds is 1. The molecule has 1 aliphatic carbocycles. The predicted molar refractivity (Wildman–Crippen MR) is 71.2 cm³/mol. The minimum atomic E-state index is 0.339. The van der Waals surface area contributed by atoms with Crippen molar-refractivity contribution in [2.75, 3.05) is 0 Å². The number of aliphatic imine (C=N–C) groups is 1. The van der Waals surface area contributed by atoms with Gasteiger partial charge in [-0.3, -0.25) is 4.99 Å². The molecule has 1 aliphatic heterocycles. The van der Waals surface area contributed by atoms with Crippen LogP contribution in [0, 0.1) is 6.92 Å². The highest BCUT2D eigenvalue weighted by Crippen LogP contribution is 2.33. The molecular weight excluding hydrogens is 214 g/mol. The van der Waals surface area contributed by atoms with Crippen molar-refractivity contribution in [2.45, 2.75) is 18.2 Å². The van der Waals surface area contributed by atoms with Crippen LogP contribution in [0.25, 0.3) is 0 Å². The maximum atomic E-state index is 4.75. The number of benzene rings is 1. The van der Waals surface area contributed by atoms with Crippen LogP contribution in [0.5, 0.6) is 0 Å². The van der Waals surface area contributed by atoms with Crippen LogP contribution in [-0.2, 0) is 0 Å². The van der Waals surface area contributed by atoms with Crippen LogP contribution in [0.3, 0.4) is 0 Å². The summed E-state index contributed by atoms with van der Waals surface area (Å²) in [5.41, 5.74) is 2.54. The van der Waals surface area contributed by atoms with E-state index in [2.05, 4.69) is 55.5 Å². The largest absolute Gasteiger partial charge is 0.269 e. The van der Waals surface area contributed by atoms with Crippen LogP contribution >= 0.6 is 11.8 Å². The fourth-order valence-electron chi connectivity index (χ4n) is 1.93. The molecule has 0 amide bonds. The van der Waals surface area contributed by atoms with Gasteiger partial charge in [-0.1, -0.05) is 65.9 Å². The molecule has 2 heteroatoms. The average Bonchev–Trinajstić information content (AvgIpc) is 2.73. The highest BCUT2D eigenvalue weighted by Gasteiger charge is 2.27. The lowest BCUT2D eigenvalue weighted by Crippen LogP contribution is -2.13. The second-order valence-electron chi connectivity index (χ2n) is 4.14. The van der Waals surface area contributed by atoms with Gasteiger partial charge in [0.2, 0.25) is 0 Å². The topological polar surface area (TPSA) is 12.4 Å². The molecule has 1 aromatic carbocycles. The van der Waals surface area contributed by atoms with Gasteiger partial charge < -0.3 is 0 Å². The van der Waals surface area contributed by atoms with Crippen LogP contribution in [0.15, 0.2) is 53.6 Å². The van der Waals surface area contributed by atoms with E-state index >= 15 is 0 Å². The van der Waals surface area contributed by atoms with E-state index < -0.39 is 0 Å². The van der Waals surface area contributed by atoms with E-state index in [4.69, 9.17) is 4.99 Å². The number of allylic oxidation sites excluding steroid dienone is 2. The average molecular weight is 227 g/mol. The molecule has 0 spiro atoms. The Morgan fingerprint density at radius 3 is 2.56 bits per heavy atom. The molecule has 80 valence electrons. The van der Waals surface area contributed by atoms with Gasteiger partial charge in [0.05, 0.1) is 16.3 Å². The van der Waals surface area contributed by atoms with Crippen molar-refractivity contribution in [1.29, 1.82) is 0 Å². The Kier molecular flexibility index (Phi) is 2.44. The third kappa shape index (κ3) is 1.74. The Morgan fingerprint density at radius 1 is 1.06 bits per heavy atom. The van der Waals surface area contributed by atoms with E-state index in [1.165, 1.54) is 16.2 Å². The van der Waals surface area contributed by atoms with Gasteiger partial charge in [-0.25, -0.2) is 0 Å². The first-order valence-corrected chi connectivity index (χ1v) is 6.37. The Labute approximate surface area is 100.0 Å². The monoisotopic (exact) mass is 227 g/mol. The Balaban J connectivity index is 1.90. The summed E-state index contributed by atoms with van der Waals surface area (Å²) in [5, 5.41) is 1.67. The molecule has 0 saturated carbocycles. The number of hydrogen-bond acceptors (Lipinski definition) is 2. The van der Waals surface area contributed by atoms with Gasteiger partial charge >= 0.3 is 0 Å². The number of hydrogen-bond donors (Lipinski definition) is 0. The molecule has 2 unspecified atom stereocenters. The maximum absolute atomic E-state index is 4.75.